The fourth-order valence-corrected chi connectivity index (χ4v) is 7.70. The molecule has 0 amide bonds. The van der Waals surface area contributed by atoms with Gasteiger partial charge in [-0.1, -0.05) is 146 Å². The molecule has 0 saturated heterocycles. The van der Waals surface area contributed by atoms with Crippen LogP contribution in [-0.2, 0) is 0 Å². The summed E-state index contributed by atoms with van der Waals surface area (Å²) in [4.78, 5) is 2.35. The average molecular weight is 664 g/mol. The summed E-state index contributed by atoms with van der Waals surface area (Å²) in [5.41, 5.74) is 12.3. The van der Waals surface area contributed by atoms with Crippen molar-refractivity contribution in [3.63, 3.8) is 0 Å². The minimum atomic E-state index is 0.918. The minimum absolute atomic E-state index is 0.918. The number of benzene rings is 9. The van der Waals surface area contributed by atoms with Crippen LogP contribution in [0.2, 0.25) is 0 Å². The molecule has 9 aromatic carbocycles. The van der Waals surface area contributed by atoms with Gasteiger partial charge >= 0.3 is 0 Å². The lowest BCUT2D eigenvalue weighted by atomic mass is 9.95. The summed E-state index contributed by atoms with van der Waals surface area (Å²) in [7, 11) is 0. The number of anilines is 3. The van der Waals surface area contributed by atoms with Gasteiger partial charge in [-0.05, 0) is 110 Å². The number of furan rings is 1. The van der Waals surface area contributed by atoms with E-state index in [4.69, 9.17) is 4.42 Å². The molecule has 10 aromatic rings. The Morgan fingerprint density at radius 3 is 1.75 bits per heavy atom. The molecule has 2 nitrogen and oxygen atoms in total. The molecule has 0 unspecified atom stereocenters. The fourth-order valence-electron chi connectivity index (χ4n) is 7.70. The third-order valence-corrected chi connectivity index (χ3v) is 10.3. The van der Waals surface area contributed by atoms with Gasteiger partial charge in [0.15, 0.2) is 0 Å². The molecule has 0 bridgehead atoms. The van der Waals surface area contributed by atoms with Crippen LogP contribution < -0.4 is 4.90 Å². The first-order valence-electron chi connectivity index (χ1n) is 17.8. The van der Waals surface area contributed by atoms with Gasteiger partial charge in [-0.3, -0.25) is 0 Å². The summed E-state index contributed by atoms with van der Waals surface area (Å²) in [6, 6.07) is 71.8. The fraction of sp³-hybridized carbons (Fsp3) is 0. The van der Waals surface area contributed by atoms with Crippen LogP contribution in [0.5, 0.6) is 0 Å². The van der Waals surface area contributed by atoms with Gasteiger partial charge in [0, 0.05) is 27.8 Å². The third kappa shape index (κ3) is 5.21. The molecule has 52 heavy (non-hydrogen) atoms. The molecule has 0 aliphatic carbocycles. The Morgan fingerprint density at radius 2 is 0.923 bits per heavy atom. The minimum Gasteiger partial charge on any atom is -0.456 e. The molecule has 0 spiro atoms. The van der Waals surface area contributed by atoms with Gasteiger partial charge in [-0.25, -0.2) is 0 Å². The maximum atomic E-state index is 6.21. The number of fused-ring (bicyclic) bond motifs is 6. The highest BCUT2D eigenvalue weighted by atomic mass is 16.3. The van der Waals surface area contributed by atoms with E-state index in [0.29, 0.717) is 0 Å². The quantitative estimate of drug-likeness (QED) is 0.176. The molecular formula is C50H33NO. The topological polar surface area (TPSA) is 16.4 Å². The predicted molar refractivity (Wildman–Crippen MR) is 220 cm³/mol. The van der Waals surface area contributed by atoms with Crippen LogP contribution in [0.1, 0.15) is 0 Å². The van der Waals surface area contributed by atoms with Gasteiger partial charge in [0.2, 0.25) is 0 Å². The molecule has 0 fully saturated rings. The summed E-state index contributed by atoms with van der Waals surface area (Å²) < 4.78 is 6.21. The monoisotopic (exact) mass is 663 g/mol. The van der Waals surface area contributed by atoms with Gasteiger partial charge in [0.25, 0.3) is 0 Å². The highest BCUT2D eigenvalue weighted by molar-refractivity contribution is 6.20. The zero-order valence-corrected chi connectivity index (χ0v) is 28.4. The molecule has 0 saturated carbocycles. The van der Waals surface area contributed by atoms with Gasteiger partial charge in [0.1, 0.15) is 11.2 Å². The van der Waals surface area contributed by atoms with Gasteiger partial charge in [0.05, 0.1) is 0 Å². The second-order valence-electron chi connectivity index (χ2n) is 13.3. The largest absolute Gasteiger partial charge is 0.456 e. The first-order chi connectivity index (χ1) is 25.8. The van der Waals surface area contributed by atoms with E-state index in [-0.39, 0.29) is 0 Å². The SMILES string of the molecule is c1ccc(-c2ccc(N(c3ccc(-c4cccc5c4ccc4oc6ccccc6c45)cc3)c3cccc(-c4ccc5ccccc5c4)c3)cc2)cc1. The highest BCUT2D eigenvalue weighted by Crippen LogP contribution is 2.41. The number of hydrogen-bond donors (Lipinski definition) is 0. The van der Waals surface area contributed by atoms with E-state index in [0.717, 1.165) is 33.6 Å². The van der Waals surface area contributed by atoms with Crippen LogP contribution in [0.25, 0.3) is 76.9 Å². The second-order valence-corrected chi connectivity index (χ2v) is 13.3. The first-order valence-corrected chi connectivity index (χ1v) is 17.8. The maximum absolute atomic E-state index is 6.21. The normalized spacial score (nSPS) is 11.5. The number of para-hydroxylation sites is 1. The van der Waals surface area contributed by atoms with Crippen molar-refractivity contribution in [3.8, 4) is 33.4 Å². The molecular weight excluding hydrogens is 631 g/mol. The molecule has 0 aliphatic heterocycles. The van der Waals surface area contributed by atoms with Crippen molar-refractivity contribution in [2.75, 3.05) is 4.90 Å². The molecule has 0 N–H and O–H groups in total. The lowest BCUT2D eigenvalue weighted by Gasteiger charge is -2.26. The van der Waals surface area contributed by atoms with Crippen molar-refractivity contribution < 1.29 is 4.42 Å². The molecule has 2 heteroatoms. The van der Waals surface area contributed by atoms with Gasteiger partial charge < -0.3 is 9.32 Å². The van der Waals surface area contributed by atoms with Gasteiger partial charge in [-0.15, -0.1) is 0 Å². The second kappa shape index (κ2) is 12.5. The Kier molecular flexibility index (Phi) is 7.18. The van der Waals surface area contributed by atoms with Crippen molar-refractivity contribution >= 4 is 60.5 Å². The summed E-state index contributed by atoms with van der Waals surface area (Å²) in [5, 5.41) is 7.22. The predicted octanol–water partition coefficient (Wildman–Crippen LogP) is 14.4. The van der Waals surface area contributed by atoms with Crippen LogP contribution >= 0.6 is 0 Å². The van der Waals surface area contributed by atoms with Crippen molar-refractivity contribution in [3.05, 3.63) is 200 Å². The van der Waals surface area contributed by atoms with E-state index in [1.165, 1.54) is 60.3 Å². The van der Waals surface area contributed by atoms with E-state index < -0.39 is 0 Å². The van der Waals surface area contributed by atoms with Crippen LogP contribution in [0, 0.1) is 0 Å². The van der Waals surface area contributed by atoms with Crippen LogP contribution in [-0.4, -0.2) is 0 Å². The molecule has 0 aliphatic rings. The van der Waals surface area contributed by atoms with E-state index in [2.05, 4.69) is 193 Å². The standard InChI is InChI=1S/C50H33NO/c1-2-10-34(11-3-1)36-22-26-41(27-23-36)51(43-15-8-14-39(33-43)40-21-20-35-12-4-5-13-38(35)32-40)42-28-24-37(25-29-42)44-17-9-18-46-45(44)30-31-49-50(46)47-16-6-7-19-48(47)52-49/h1-33H. The van der Waals surface area contributed by atoms with Crippen molar-refractivity contribution in [2.24, 2.45) is 0 Å². The Bertz CT molecular complexity index is 2890. The Balaban J connectivity index is 1.08. The van der Waals surface area contributed by atoms with Crippen molar-refractivity contribution in [1.29, 1.82) is 0 Å². The van der Waals surface area contributed by atoms with Crippen LogP contribution in [0.15, 0.2) is 205 Å². The zero-order chi connectivity index (χ0) is 34.4. The molecule has 244 valence electrons. The summed E-state index contributed by atoms with van der Waals surface area (Å²) in [6.45, 7) is 0. The molecule has 0 atom stereocenters. The Labute approximate surface area is 302 Å². The average Bonchev–Trinajstić information content (AvgIpc) is 3.61. The highest BCUT2D eigenvalue weighted by Gasteiger charge is 2.16. The van der Waals surface area contributed by atoms with E-state index in [9.17, 15) is 0 Å². The number of nitrogens with zero attached hydrogens (tertiary/aromatic N) is 1. The lowest BCUT2D eigenvalue weighted by molar-refractivity contribution is 0.669. The van der Waals surface area contributed by atoms with Crippen LogP contribution in [0.3, 0.4) is 0 Å². The molecule has 1 aromatic heterocycles. The van der Waals surface area contributed by atoms with Gasteiger partial charge in [-0.2, -0.15) is 0 Å². The summed E-state index contributed by atoms with van der Waals surface area (Å²) >= 11 is 0. The van der Waals surface area contributed by atoms with Crippen LogP contribution in [0.4, 0.5) is 17.1 Å². The molecule has 0 radical (unpaired) electrons. The maximum Gasteiger partial charge on any atom is 0.136 e. The van der Waals surface area contributed by atoms with E-state index >= 15 is 0 Å². The smallest absolute Gasteiger partial charge is 0.136 e. The molecule has 10 rings (SSSR count). The zero-order valence-electron chi connectivity index (χ0n) is 28.4. The summed E-state index contributed by atoms with van der Waals surface area (Å²) in [6.07, 6.45) is 0. The first kappa shape index (κ1) is 30.0. The summed E-state index contributed by atoms with van der Waals surface area (Å²) in [5.74, 6) is 0. The number of rotatable bonds is 6. The van der Waals surface area contributed by atoms with Crippen molar-refractivity contribution in [2.45, 2.75) is 0 Å². The lowest BCUT2D eigenvalue weighted by Crippen LogP contribution is -2.10. The Morgan fingerprint density at radius 1 is 0.308 bits per heavy atom. The van der Waals surface area contributed by atoms with E-state index in [1.807, 2.05) is 12.1 Å². The van der Waals surface area contributed by atoms with E-state index in [1.54, 1.807) is 0 Å². The van der Waals surface area contributed by atoms with Crippen molar-refractivity contribution in [1.82, 2.24) is 0 Å². The molecule has 1 heterocycles. The third-order valence-electron chi connectivity index (χ3n) is 10.3. The Hall–Kier alpha value is -6.90. The number of hydrogen-bond acceptors (Lipinski definition) is 2.